The van der Waals surface area contributed by atoms with Crippen molar-refractivity contribution < 1.29 is 142 Å². The second-order valence-electron chi connectivity index (χ2n) is 10.1. The predicted octanol–water partition coefficient (Wildman–Crippen LogP) is -2.82. The third-order valence-corrected chi connectivity index (χ3v) is 7.57. The van der Waals surface area contributed by atoms with Gasteiger partial charge >= 0.3 is 101 Å². The van der Waals surface area contributed by atoms with Crippen LogP contribution < -0.4 is 104 Å². The number of phenolic OH excluding ortho intramolecular Hbond substituents is 1. The van der Waals surface area contributed by atoms with Crippen molar-refractivity contribution in [1.82, 2.24) is 0 Å². The first-order valence-electron chi connectivity index (χ1n) is 13.8. The van der Waals surface area contributed by atoms with Crippen molar-refractivity contribution in [3.8, 4) is 34.1 Å². The topological polar surface area (TPSA) is 293 Å². The van der Waals surface area contributed by atoms with Crippen LogP contribution in [0.5, 0.6) is 23.0 Å². The van der Waals surface area contributed by atoms with E-state index in [9.17, 15) is 48.1 Å². The van der Waals surface area contributed by atoms with Gasteiger partial charge in [-0.3, -0.25) is 4.55 Å². The summed E-state index contributed by atoms with van der Waals surface area (Å²) >= 11 is 0. The number of azo groups is 3. The van der Waals surface area contributed by atoms with Gasteiger partial charge in [0.15, 0.2) is 5.75 Å². The zero-order valence-corrected chi connectivity index (χ0v) is 34.7. The molecular weight excluding hydrogens is 745 g/mol. The van der Waals surface area contributed by atoms with E-state index in [1.165, 1.54) is 6.07 Å². The number of carbonyl (C=O) groups is 2. The van der Waals surface area contributed by atoms with E-state index in [0.29, 0.717) is 17.8 Å². The van der Waals surface area contributed by atoms with Gasteiger partial charge in [-0.25, -0.2) is 9.59 Å². The molecular formula is C32H19N6Na3O11S. The molecule has 0 radical (unpaired) electrons. The summed E-state index contributed by atoms with van der Waals surface area (Å²) in [7, 11) is -4.92. The number of aromatic carboxylic acids is 2. The molecule has 0 aliphatic rings. The molecule has 0 heterocycles. The maximum atomic E-state index is 12.4. The van der Waals surface area contributed by atoms with Gasteiger partial charge in [-0.2, -0.15) is 28.9 Å². The average Bonchev–Trinajstić information content (AvgIpc) is 3.07. The minimum absolute atomic E-state index is 0. The van der Waals surface area contributed by atoms with Crippen LogP contribution in [0.3, 0.4) is 0 Å². The summed E-state index contributed by atoms with van der Waals surface area (Å²) in [6.45, 7) is 0. The van der Waals surface area contributed by atoms with Crippen molar-refractivity contribution in [2.75, 3.05) is 0 Å². The van der Waals surface area contributed by atoms with Gasteiger partial charge in [0.1, 0.15) is 11.4 Å². The average molecular weight is 765 g/mol. The fourth-order valence-electron chi connectivity index (χ4n) is 4.22. The fraction of sp³-hybridized carbons (Fsp3) is 0. The molecule has 0 fully saturated rings. The summed E-state index contributed by atoms with van der Waals surface area (Å²) in [5.74, 6) is -6.55. The molecule has 5 aromatic rings. The molecule has 17 nitrogen and oxygen atoms in total. The van der Waals surface area contributed by atoms with E-state index in [1.807, 2.05) is 0 Å². The minimum atomic E-state index is -4.92. The Kier molecular flexibility index (Phi) is 16.5. The molecule has 0 aliphatic heterocycles. The van der Waals surface area contributed by atoms with Crippen molar-refractivity contribution in [3.05, 3.63) is 102 Å². The van der Waals surface area contributed by atoms with E-state index in [0.717, 1.165) is 35.4 Å². The van der Waals surface area contributed by atoms with Crippen LogP contribution in [-0.2, 0) is 10.1 Å². The Morgan fingerprint density at radius 2 is 1.02 bits per heavy atom. The van der Waals surface area contributed by atoms with Crippen LogP contribution >= 0.6 is 0 Å². The maximum Gasteiger partial charge on any atom is 1.00 e. The van der Waals surface area contributed by atoms with Crippen molar-refractivity contribution >= 4 is 56.2 Å². The Morgan fingerprint density at radius 1 is 0.547 bits per heavy atom. The Balaban J connectivity index is 0.00000324. The predicted molar refractivity (Wildman–Crippen MR) is 167 cm³/mol. The second-order valence-corrected chi connectivity index (χ2v) is 11.5. The molecule has 0 saturated carbocycles. The zero-order chi connectivity index (χ0) is 36.2. The van der Waals surface area contributed by atoms with Crippen LogP contribution in [0.4, 0.5) is 34.1 Å². The molecule has 0 bridgehead atoms. The monoisotopic (exact) mass is 764 g/mol. The van der Waals surface area contributed by atoms with Crippen LogP contribution in [0.2, 0.25) is 0 Å². The van der Waals surface area contributed by atoms with E-state index in [-0.39, 0.29) is 100 Å². The molecule has 252 valence electrons. The second kappa shape index (κ2) is 19.3. The molecule has 21 heteroatoms. The first-order chi connectivity index (χ1) is 23.7. The summed E-state index contributed by atoms with van der Waals surface area (Å²) in [6.07, 6.45) is 0. The summed E-state index contributed by atoms with van der Waals surface area (Å²) in [5.41, 5.74) is -0.643. The van der Waals surface area contributed by atoms with E-state index >= 15 is 0 Å². The van der Waals surface area contributed by atoms with Gasteiger partial charge in [0.25, 0.3) is 10.1 Å². The van der Waals surface area contributed by atoms with Gasteiger partial charge in [-0.1, -0.05) is 53.6 Å². The normalized spacial score (nSPS) is 11.2. The van der Waals surface area contributed by atoms with Gasteiger partial charge in [-0.15, -0.1) is 10.2 Å². The molecule has 0 aliphatic carbocycles. The van der Waals surface area contributed by atoms with Crippen molar-refractivity contribution in [2.24, 2.45) is 30.7 Å². The van der Waals surface area contributed by atoms with Crippen LogP contribution in [0, 0.1) is 0 Å². The molecule has 5 aromatic carbocycles. The summed E-state index contributed by atoms with van der Waals surface area (Å²) in [4.78, 5) is 21.6. The number of nitrogens with zero attached hydrogens (tertiary/aromatic N) is 6. The quantitative estimate of drug-likeness (QED) is 0.0639. The Morgan fingerprint density at radius 3 is 1.55 bits per heavy atom. The first kappa shape index (κ1) is 45.1. The number of hydrogen-bond donors (Lipinski definition) is 4. The molecule has 53 heavy (non-hydrogen) atoms. The molecule has 0 amide bonds. The molecule has 4 N–H and O–H groups in total. The van der Waals surface area contributed by atoms with Crippen LogP contribution in [0.25, 0.3) is 11.1 Å². The van der Waals surface area contributed by atoms with Crippen LogP contribution in [-0.4, -0.2) is 40.2 Å². The van der Waals surface area contributed by atoms with Crippen LogP contribution in [0.15, 0.2) is 127 Å². The summed E-state index contributed by atoms with van der Waals surface area (Å²) < 4.78 is 32.4. The number of benzene rings is 5. The van der Waals surface area contributed by atoms with E-state index < -0.39 is 78.1 Å². The molecule has 5 rings (SSSR count). The van der Waals surface area contributed by atoms with Gasteiger partial charge in [0, 0.05) is 0 Å². The summed E-state index contributed by atoms with van der Waals surface area (Å²) in [6, 6.07) is 20.1. The molecule has 0 saturated heterocycles. The number of rotatable bonds is 10. The number of carboxylic acids is 2. The number of carboxylic acid groups (broad SMARTS) is 2. The zero-order valence-electron chi connectivity index (χ0n) is 27.9. The fourth-order valence-corrected chi connectivity index (χ4v) is 4.74. The number of hydrogen-bond acceptors (Lipinski definition) is 14. The van der Waals surface area contributed by atoms with Crippen molar-refractivity contribution in [3.63, 3.8) is 0 Å². The molecule has 0 unspecified atom stereocenters. The number of phenols is 1. The third kappa shape index (κ3) is 11.2. The van der Waals surface area contributed by atoms with Gasteiger partial charge < -0.3 is 30.6 Å². The maximum absolute atomic E-state index is 12.4. The molecule has 0 atom stereocenters. The van der Waals surface area contributed by atoms with E-state index in [1.54, 1.807) is 48.5 Å². The summed E-state index contributed by atoms with van der Waals surface area (Å²) in [5, 5.41) is 88.3. The number of aromatic hydroxyl groups is 1. The van der Waals surface area contributed by atoms with Crippen LogP contribution in [0.1, 0.15) is 20.7 Å². The Bertz CT molecular complexity index is 2360. The molecule has 0 spiro atoms. The Hall–Kier alpha value is -4.05. The minimum Gasteiger partial charge on any atom is -0.872 e. The third-order valence-electron chi connectivity index (χ3n) is 6.74. The first-order valence-corrected chi connectivity index (χ1v) is 15.2. The SMILES string of the molecule is O=C(O)c1cc(N=Nc2ccc(-c3ccc(N=Nc4c([O-])ccc(N=Nc5cc(S(=O)(=O)O)cc(C(=O)O)c5[O-])c4O)cc3)cc2)ccc1[O-].[Na+].[Na+].[Na+]. The van der Waals surface area contributed by atoms with E-state index in [2.05, 4.69) is 30.7 Å². The van der Waals surface area contributed by atoms with Crippen molar-refractivity contribution in [1.29, 1.82) is 0 Å². The standard InChI is InChI=1S/C32H22N6O11S.3Na/c39-26-11-9-20(13-22(26)31(43)44)35-33-18-5-1-16(2-6-18)17-3-7-19(8-4-17)34-38-28-27(40)12-10-24(30(28)42)36-37-25-15-21(50(47,48)49)14-23(29(25)41)32(45)46;;;/h1-15,39-42H,(H,43,44)(H,45,46)(H,47,48,49);;;/q;3*+1/p-3. The smallest absolute Gasteiger partial charge is 0.872 e. The Labute approximate surface area is 366 Å². The van der Waals surface area contributed by atoms with Gasteiger partial charge in [-0.05, 0) is 65.7 Å². The van der Waals surface area contributed by atoms with Gasteiger partial charge in [0.2, 0.25) is 0 Å². The van der Waals surface area contributed by atoms with E-state index in [4.69, 9.17) is 5.11 Å². The largest absolute Gasteiger partial charge is 1.00 e. The molecule has 0 aromatic heterocycles. The van der Waals surface area contributed by atoms with Crippen molar-refractivity contribution in [2.45, 2.75) is 4.90 Å². The van der Waals surface area contributed by atoms with Gasteiger partial charge in [0.05, 0.1) is 38.8 Å².